The van der Waals surface area contributed by atoms with E-state index in [9.17, 15) is 18.7 Å². The number of benzene rings is 2. The van der Waals surface area contributed by atoms with E-state index in [4.69, 9.17) is 14.8 Å². The fourth-order valence-electron chi connectivity index (χ4n) is 5.67. The number of ether oxygens (including phenoxy) is 1. The second-order valence-corrected chi connectivity index (χ2v) is 10.3. The predicted molar refractivity (Wildman–Crippen MR) is 146 cm³/mol. The summed E-state index contributed by atoms with van der Waals surface area (Å²) in [7, 11) is 1.93. The van der Waals surface area contributed by atoms with Gasteiger partial charge < -0.3 is 19.6 Å². The van der Waals surface area contributed by atoms with Gasteiger partial charge in [0.15, 0.2) is 6.23 Å². The quantitative estimate of drug-likeness (QED) is 0.341. The molecule has 2 saturated heterocycles. The lowest BCUT2D eigenvalue weighted by Crippen LogP contribution is -2.45. The van der Waals surface area contributed by atoms with Gasteiger partial charge in [0.2, 0.25) is 0 Å². The molecule has 9 nitrogen and oxygen atoms in total. The third-order valence-electron chi connectivity index (χ3n) is 7.89. The Morgan fingerprint density at radius 3 is 2.55 bits per heavy atom. The van der Waals surface area contributed by atoms with Gasteiger partial charge in [0.05, 0.1) is 23.5 Å². The van der Waals surface area contributed by atoms with E-state index in [2.05, 4.69) is 4.98 Å². The van der Waals surface area contributed by atoms with Crippen LogP contribution in [0.15, 0.2) is 48.8 Å². The average molecular weight is 549 g/mol. The number of nitrogens with zero attached hydrogens (tertiary/aromatic N) is 6. The lowest BCUT2D eigenvalue weighted by Gasteiger charge is -2.36. The molecule has 1 unspecified atom stereocenters. The van der Waals surface area contributed by atoms with Crippen LogP contribution >= 0.6 is 0 Å². The molecule has 1 amide bonds. The molecule has 0 radical (unpaired) electrons. The number of anilines is 1. The van der Waals surface area contributed by atoms with Gasteiger partial charge in [-0.1, -0.05) is 12.1 Å². The fraction of sp³-hybridized carbons (Fsp3) is 0.379. The van der Waals surface area contributed by atoms with Crippen LogP contribution in [0, 0.1) is 11.6 Å². The minimum Gasteiger partial charge on any atom is -0.465 e. The summed E-state index contributed by atoms with van der Waals surface area (Å²) in [5.74, 6) is -0.637. The number of likely N-dealkylation sites (tertiary alicyclic amines) is 1. The number of fused-ring (bicyclic) bond motifs is 1. The van der Waals surface area contributed by atoms with E-state index < -0.39 is 17.7 Å². The van der Waals surface area contributed by atoms with E-state index in [0.717, 1.165) is 24.8 Å². The summed E-state index contributed by atoms with van der Waals surface area (Å²) in [6, 6.07) is 9.22. The second-order valence-electron chi connectivity index (χ2n) is 10.3. The molecule has 2 aromatic heterocycles. The van der Waals surface area contributed by atoms with E-state index in [0.29, 0.717) is 60.7 Å². The van der Waals surface area contributed by atoms with Crippen molar-refractivity contribution in [1.29, 1.82) is 0 Å². The Hall–Kier alpha value is -4.12. The highest BCUT2D eigenvalue weighted by molar-refractivity contribution is 5.95. The van der Waals surface area contributed by atoms with Crippen LogP contribution in [-0.4, -0.2) is 68.6 Å². The number of piperidine rings is 1. The SMILES string of the molecule is CN(c1cncc(-c2nn(C3CCCCO3)c3ccc(-c4c(F)cccc4F)cc23)n1)C1CCN(C(=O)O)CC1. The van der Waals surface area contributed by atoms with E-state index >= 15 is 0 Å². The monoisotopic (exact) mass is 548 g/mol. The van der Waals surface area contributed by atoms with E-state index in [1.807, 2.05) is 22.7 Å². The van der Waals surface area contributed by atoms with Crippen molar-refractivity contribution in [2.24, 2.45) is 0 Å². The Balaban J connectivity index is 1.41. The highest BCUT2D eigenvalue weighted by Crippen LogP contribution is 2.36. The number of rotatable bonds is 5. The van der Waals surface area contributed by atoms with Crippen LogP contribution in [0.4, 0.5) is 19.4 Å². The van der Waals surface area contributed by atoms with Gasteiger partial charge >= 0.3 is 6.09 Å². The smallest absolute Gasteiger partial charge is 0.407 e. The number of hydrogen-bond donors (Lipinski definition) is 1. The number of halogens is 2. The number of aromatic nitrogens is 4. The number of amides is 1. The van der Waals surface area contributed by atoms with Crippen LogP contribution in [0.25, 0.3) is 33.4 Å². The van der Waals surface area contributed by atoms with Gasteiger partial charge in [0.1, 0.15) is 28.8 Å². The first-order valence-corrected chi connectivity index (χ1v) is 13.5. The summed E-state index contributed by atoms with van der Waals surface area (Å²) in [5, 5.41) is 14.9. The first-order chi connectivity index (χ1) is 19.4. The third kappa shape index (κ3) is 4.85. The third-order valence-corrected chi connectivity index (χ3v) is 7.89. The summed E-state index contributed by atoms with van der Waals surface area (Å²) >= 11 is 0. The highest BCUT2D eigenvalue weighted by Gasteiger charge is 2.27. The van der Waals surface area contributed by atoms with Crippen molar-refractivity contribution in [2.45, 2.75) is 44.4 Å². The maximum absolute atomic E-state index is 14.7. The second kappa shape index (κ2) is 10.8. The zero-order chi connectivity index (χ0) is 27.8. The van der Waals surface area contributed by atoms with Crippen molar-refractivity contribution < 1.29 is 23.4 Å². The fourth-order valence-corrected chi connectivity index (χ4v) is 5.67. The van der Waals surface area contributed by atoms with Crippen molar-refractivity contribution in [3.63, 3.8) is 0 Å². The highest BCUT2D eigenvalue weighted by atomic mass is 19.1. The molecule has 11 heteroatoms. The number of carbonyl (C=O) groups is 1. The lowest BCUT2D eigenvalue weighted by atomic mass is 10.0. The number of carboxylic acid groups (broad SMARTS) is 1. The van der Waals surface area contributed by atoms with Gasteiger partial charge in [-0.3, -0.25) is 4.98 Å². The van der Waals surface area contributed by atoms with Crippen LogP contribution in [-0.2, 0) is 4.74 Å². The van der Waals surface area contributed by atoms with Crippen LogP contribution in [0.2, 0.25) is 0 Å². The van der Waals surface area contributed by atoms with Gasteiger partial charge in [0.25, 0.3) is 0 Å². The van der Waals surface area contributed by atoms with Gasteiger partial charge in [-0.15, -0.1) is 0 Å². The summed E-state index contributed by atoms with van der Waals surface area (Å²) in [6.45, 7) is 1.56. The van der Waals surface area contributed by atoms with E-state index in [-0.39, 0.29) is 17.8 Å². The van der Waals surface area contributed by atoms with Crippen LogP contribution in [0.5, 0.6) is 0 Å². The molecule has 4 aromatic rings. The molecule has 0 aliphatic carbocycles. The molecule has 2 aromatic carbocycles. The van der Waals surface area contributed by atoms with Gasteiger partial charge in [-0.05, 0) is 61.9 Å². The van der Waals surface area contributed by atoms with Gasteiger partial charge in [-0.2, -0.15) is 5.10 Å². The van der Waals surface area contributed by atoms with Crippen molar-refractivity contribution in [3.8, 4) is 22.5 Å². The van der Waals surface area contributed by atoms with Crippen molar-refractivity contribution in [3.05, 3.63) is 60.4 Å². The van der Waals surface area contributed by atoms with E-state index in [1.54, 1.807) is 24.5 Å². The molecular weight excluding hydrogens is 518 g/mol. The summed E-state index contributed by atoms with van der Waals surface area (Å²) in [6.07, 6.45) is 6.34. The Morgan fingerprint density at radius 1 is 1.07 bits per heavy atom. The minimum absolute atomic E-state index is 0.0933. The lowest BCUT2D eigenvalue weighted by molar-refractivity contribution is -0.0365. The molecule has 2 aliphatic rings. The normalized spacial score (nSPS) is 18.3. The largest absolute Gasteiger partial charge is 0.465 e. The topological polar surface area (TPSA) is 96.6 Å². The standard InChI is InChI=1S/C29H30F2N6O3/c1-35(19-10-12-36(13-11-19)29(38)39)25-17-32-16-23(33-25)28-20-15-18(27-21(30)5-4-6-22(27)31)8-9-24(20)37(34-28)26-7-2-3-14-40-26/h4-6,8-9,15-17,19,26H,2-3,7,10-14H2,1H3,(H,38,39). The first kappa shape index (κ1) is 26.1. The zero-order valence-corrected chi connectivity index (χ0v) is 22.1. The molecule has 4 heterocycles. The molecule has 2 fully saturated rings. The molecule has 6 rings (SSSR count). The molecule has 208 valence electrons. The summed E-state index contributed by atoms with van der Waals surface area (Å²) in [5.41, 5.74) is 2.16. The molecule has 40 heavy (non-hydrogen) atoms. The zero-order valence-electron chi connectivity index (χ0n) is 22.1. The van der Waals surface area contributed by atoms with Gasteiger partial charge in [-0.25, -0.2) is 23.2 Å². The summed E-state index contributed by atoms with van der Waals surface area (Å²) < 4.78 is 37.3. The molecule has 1 N–H and O–H groups in total. The Labute approximate surface area is 230 Å². The molecule has 2 aliphatic heterocycles. The van der Waals surface area contributed by atoms with Gasteiger partial charge in [0, 0.05) is 38.2 Å². The van der Waals surface area contributed by atoms with E-state index in [1.165, 1.54) is 23.1 Å². The van der Waals surface area contributed by atoms with Crippen molar-refractivity contribution in [2.75, 3.05) is 31.6 Å². The first-order valence-electron chi connectivity index (χ1n) is 13.5. The van der Waals surface area contributed by atoms with Crippen molar-refractivity contribution >= 4 is 22.8 Å². The molecule has 0 bridgehead atoms. The Bertz CT molecular complexity index is 1530. The predicted octanol–water partition coefficient (Wildman–Crippen LogP) is 5.72. The minimum atomic E-state index is -0.901. The Morgan fingerprint density at radius 2 is 1.85 bits per heavy atom. The Kier molecular flexibility index (Phi) is 7.05. The molecular formula is C29H30F2N6O3. The maximum Gasteiger partial charge on any atom is 0.407 e. The van der Waals surface area contributed by atoms with Crippen LogP contribution < -0.4 is 4.90 Å². The average Bonchev–Trinajstić information content (AvgIpc) is 3.36. The molecule has 0 saturated carbocycles. The summed E-state index contributed by atoms with van der Waals surface area (Å²) in [4.78, 5) is 24.1. The maximum atomic E-state index is 14.7. The van der Waals surface area contributed by atoms with Crippen molar-refractivity contribution in [1.82, 2.24) is 24.6 Å². The molecule has 1 atom stereocenters. The van der Waals surface area contributed by atoms with Crippen LogP contribution in [0.1, 0.15) is 38.3 Å². The van der Waals surface area contributed by atoms with Crippen LogP contribution in [0.3, 0.4) is 0 Å². The molecule has 0 spiro atoms. The number of hydrogen-bond acceptors (Lipinski definition) is 6.